The van der Waals surface area contributed by atoms with Gasteiger partial charge in [0, 0.05) is 31.6 Å². The van der Waals surface area contributed by atoms with Crippen molar-refractivity contribution in [3.05, 3.63) is 24.2 Å². The van der Waals surface area contributed by atoms with Gasteiger partial charge in [0.1, 0.15) is 0 Å². The molecule has 0 amide bonds. The lowest BCUT2D eigenvalue weighted by atomic mass is 10.0. The molecule has 4 heterocycles. The smallest absolute Gasteiger partial charge is 0.155 e. The number of likely N-dealkylation sites (N-methyl/N-ethyl adjacent to an activating group) is 1. The standard InChI is InChI=1S/C21H33N5O2/c1-4-5-6-16(2)21-22-20-8-7-17(13-26(20)23-21)25-11-18(12-25)24(3)14-19-15-27-9-10-28-19/h7-8,13,16,18-19H,4-6,9-12,14-15H2,1-3H3. The van der Waals surface area contributed by atoms with Crippen LogP contribution in [0.5, 0.6) is 0 Å². The van der Waals surface area contributed by atoms with E-state index in [0.717, 1.165) is 44.1 Å². The molecule has 2 saturated heterocycles. The summed E-state index contributed by atoms with van der Waals surface area (Å²) in [4.78, 5) is 9.52. The first-order valence-electron chi connectivity index (χ1n) is 10.6. The van der Waals surface area contributed by atoms with Crippen LogP contribution in [0.3, 0.4) is 0 Å². The van der Waals surface area contributed by atoms with Gasteiger partial charge in [-0.3, -0.25) is 4.90 Å². The summed E-state index contributed by atoms with van der Waals surface area (Å²) < 4.78 is 13.2. The number of unbranched alkanes of at least 4 members (excludes halogenated alkanes) is 1. The molecule has 0 saturated carbocycles. The summed E-state index contributed by atoms with van der Waals surface area (Å²) in [6.45, 7) is 9.59. The van der Waals surface area contributed by atoms with Crippen LogP contribution in [0.25, 0.3) is 5.65 Å². The van der Waals surface area contributed by atoms with Crippen molar-refractivity contribution in [2.75, 3.05) is 51.4 Å². The summed E-state index contributed by atoms with van der Waals surface area (Å²) in [6, 6.07) is 4.81. The van der Waals surface area contributed by atoms with Gasteiger partial charge in [0.05, 0.1) is 37.8 Å². The van der Waals surface area contributed by atoms with Crippen LogP contribution in [0.15, 0.2) is 18.3 Å². The monoisotopic (exact) mass is 387 g/mol. The minimum absolute atomic E-state index is 0.201. The summed E-state index contributed by atoms with van der Waals surface area (Å²) in [7, 11) is 2.19. The fourth-order valence-corrected chi connectivity index (χ4v) is 3.98. The average Bonchev–Trinajstić information content (AvgIpc) is 3.09. The number of anilines is 1. The molecule has 0 aliphatic carbocycles. The van der Waals surface area contributed by atoms with E-state index in [4.69, 9.17) is 19.6 Å². The van der Waals surface area contributed by atoms with Gasteiger partial charge in [-0.1, -0.05) is 26.7 Å². The number of pyridine rings is 1. The van der Waals surface area contributed by atoms with E-state index in [1.807, 2.05) is 4.52 Å². The van der Waals surface area contributed by atoms with Crippen molar-refractivity contribution in [3.8, 4) is 0 Å². The fourth-order valence-electron chi connectivity index (χ4n) is 3.98. The maximum atomic E-state index is 5.77. The van der Waals surface area contributed by atoms with E-state index in [1.54, 1.807) is 0 Å². The highest BCUT2D eigenvalue weighted by Gasteiger charge is 2.32. The Morgan fingerprint density at radius 1 is 1.29 bits per heavy atom. The molecule has 2 unspecified atom stereocenters. The van der Waals surface area contributed by atoms with Crippen LogP contribution in [0, 0.1) is 0 Å². The first-order valence-corrected chi connectivity index (χ1v) is 10.6. The van der Waals surface area contributed by atoms with Crippen molar-refractivity contribution in [2.45, 2.75) is 51.2 Å². The summed E-state index contributed by atoms with van der Waals surface area (Å²) in [5.41, 5.74) is 2.15. The molecule has 2 aromatic rings. The van der Waals surface area contributed by atoms with E-state index in [9.17, 15) is 0 Å². The van der Waals surface area contributed by atoms with Gasteiger partial charge in [0.2, 0.25) is 0 Å². The zero-order valence-electron chi connectivity index (χ0n) is 17.4. The lowest BCUT2D eigenvalue weighted by molar-refractivity contribution is -0.0990. The van der Waals surface area contributed by atoms with Crippen molar-refractivity contribution in [1.82, 2.24) is 19.5 Å². The zero-order chi connectivity index (χ0) is 19.5. The second-order valence-electron chi connectivity index (χ2n) is 8.27. The first-order chi connectivity index (χ1) is 13.6. The van der Waals surface area contributed by atoms with E-state index < -0.39 is 0 Å². The largest absolute Gasteiger partial charge is 0.376 e. The number of nitrogens with zero attached hydrogens (tertiary/aromatic N) is 5. The maximum absolute atomic E-state index is 5.77. The van der Waals surface area contributed by atoms with Crippen molar-refractivity contribution in [1.29, 1.82) is 0 Å². The lowest BCUT2D eigenvalue weighted by Crippen LogP contribution is -2.60. The third kappa shape index (κ3) is 4.31. The molecule has 2 atom stereocenters. The van der Waals surface area contributed by atoms with Crippen molar-refractivity contribution >= 4 is 11.3 Å². The van der Waals surface area contributed by atoms with Gasteiger partial charge in [-0.15, -0.1) is 0 Å². The molecule has 0 radical (unpaired) electrons. The minimum atomic E-state index is 0.201. The normalized spacial score (nSPS) is 22.0. The van der Waals surface area contributed by atoms with Crippen LogP contribution in [0.1, 0.15) is 44.9 Å². The second kappa shape index (κ2) is 8.76. The Labute approximate surface area is 167 Å². The molecule has 0 bridgehead atoms. The van der Waals surface area contributed by atoms with Gasteiger partial charge in [-0.25, -0.2) is 9.50 Å². The second-order valence-corrected chi connectivity index (χ2v) is 8.27. The molecule has 2 aliphatic heterocycles. The van der Waals surface area contributed by atoms with E-state index >= 15 is 0 Å². The summed E-state index contributed by atoms with van der Waals surface area (Å²) >= 11 is 0. The Hall–Kier alpha value is -1.70. The van der Waals surface area contributed by atoms with E-state index in [2.05, 4.69) is 49.0 Å². The highest BCUT2D eigenvalue weighted by molar-refractivity contribution is 5.53. The Morgan fingerprint density at radius 2 is 2.14 bits per heavy atom. The molecule has 0 N–H and O–H groups in total. The predicted molar refractivity (Wildman–Crippen MR) is 110 cm³/mol. The van der Waals surface area contributed by atoms with E-state index in [-0.39, 0.29) is 6.10 Å². The predicted octanol–water partition coefficient (Wildman–Crippen LogP) is 2.56. The molecule has 4 rings (SSSR count). The number of aromatic nitrogens is 3. The third-order valence-corrected chi connectivity index (χ3v) is 5.99. The zero-order valence-corrected chi connectivity index (χ0v) is 17.4. The minimum Gasteiger partial charge on any atom is -0.376 e. The number of fused-ring (bicyclic) bond motifs is 1. The van der Waals surface area contributed by atoms with Crippen LogP contribution in [-0.2, 0) is 9.47 Å². The first kappa shape index (κ1) is 19.6. The van der Waals surface area contributed by atoms with Gasteiger partial charge in [0.25, 0.3) is 0 Å². The fraction of sp³-hybridized carbons (Fsp3) is 0.714. The molecule has 2 aliphatic rings. The van der Waals surface area contributed by atoms with Gasteiger partial charge >= 0.3 is 0 Å². The van der Waals surface area contributed by atoms with Crippen LogP contribution in [-0.4, -0.2) is 78.1 Å². The Balaban J connectivity index is 1.33. The van der Waals surface area contributed by atoms with E-state index in [0.29, 0.717) is 25.2 Å². The highest BCUT2D eigenvalue weighted by Crippen LogP contribution is 2.25. The molecular weight excluding hydrogens is 354 g/mol. The summed E-state index contributed by atoms with van der Waals surface area (Å²) in [5.74, 6) is 1.37. The number of ether oxygens (including phenoxy) is 2. The van der Waals surface area contributed by atoms with Gasteiger partial charge in [-0.2, -0.15) is 5.10 Å². The SMILES string of the molecule is CCCCC(C)c1nc2ccc(N3CC(N(C)CC4COCCO4)C3)cn2n1. The van der Waals surface area contributed by atoms with Gasteiger partial charge in [-0.05, 0) is 25.6 Å². The van der Waals surface area contributed by atoms with Crippen LogP contribution >= 0.6 is 0 Å². The van der Waals surface area contributed by atoms with Crippen LogP contribution < -0.4 is 4.90 Å². The Kier molecular flexibility index (Phi) is 6.13. The maximum Gasteiger partial charge on any atom is 0.155 e. The average molecular weight is 388 g/mol. The molecule has 0 spiro atoms. The molecular formula is C21H33N5O2. The Morgan fingerprint density at radius 3 is 2.89 bits per heavy atom. The van der Waals surface area contributed by atoms with Gasteiger partial charge in [0.15, 0.2) is 11.5 Å². The molecule has 2 fully saturated rings. The van der Waals surface area contributed by atoms with Crippen LogP contribution in [0.4, 0.5) is 5.69 Å². The summed E-state index contributed by atoms with van der Waals surface area (Å²) in [6.07, 6.45) is 5.91. The van der Waals surface area contributed by atoms with E-state index in [1.165, 1.54) is 18.5 Å². The van der Waals surface area contributed by atoms with Gasteiger partial charge < -0.3 is 14.4 Å². The van der Waals surface area contributed by atoms with Crippen LogP contribution in [0.2, 0.25) is 0 Å². The molecule has 2 aromatic heterocycles. The molecule has 7 heteroatoms. The van der Waals surface area contributed by atoms with Crippen molar-refractivity contribution in [3.63, 3.8) is 0 Å². The quantitative estimate of drug-likeness (QED) is 0.694. The molecule has 154 valence electrons. The molecule has 0 aromatic carbocycles. The Bertz CT molecular complexity index is 767. The molecule has 28 heavy (non-hydrogen) atoms. The topological polar surface area (TPSA) is 55.1 Å². The molecule has 7 nitrogen and oxygen atoms in total. The number of hydrogen-bond donors (Lipinski definition) is 0. The lowest BCUT2D eigenvalue weighted by Gasteiger charge is -2.46. The number of rotatable bonds is 8. The number of hydrogen-bond acceptors (Lipinski definition) is 6. The highest BCUT2D eigenvalue weighted by atomic mass is 16.6. The summed E-state index contributed by atoms with van der Waals surface area (Å²) in [5, 5.41) is 4.74. The van der Waals surface area contributed by atoms with Crippen molar-refractivity contribution < 1.29 is 9.47 Å². The van der Waals surface area contributed by atoms with Crippen molar-refractivity contribution in [2.24, 2.45) is 0 Å². The third-order valence-electron chi connectivity index (χ3n) is 5.99.